The number of nitrogens with zero attached hydrogens (tertiary/aromatic N) is 5. The van der Waals surface area contributed by atoms with E-state index in [1.807, 2.05) is 18.0 Å². The summed E-state index contributed by atoms with van der Waals surface area (Å²) in [5, 5.41) is 14.5. The van der Waals surface area contributed by atoms with Crippen molar-refractivity contribution in [3.63, 3.8) is 0 Å². The van der Waals surface area contributed by atoms with Crippen molar-refractivity contribution in [3.8, 4) is 11.1 Å². The highest BCUT2D eigenvalue weighted by molar-refractivity contribution is 6.36. The third-order valence-corrected chi connectivity index (χ3v) is 8.86. The molecule has 190 valence electrons. The number of halogens is 1. The molecule has 2 aliphatic heterocycles. The number of carbonyl (C=O) groups is 1. The highest BCUT2D eigenvalue weighted by Crippen LogP contribution is 2.55. The number of likely N-dealkylation sites (tertiary alicyclic amines) is 1. The molecule has 3 aromatic rings. The number of morpholine rings is 1. The summed E-state index contributed by atoms with van der Waals surface area (Å²) in [6.07, 6.45) is 5.30. The molecular weight excluding hydrogens is 476 g/mol. The lowest BCUT2D eigenvalue weighted by molar-refractivity contribution is -0.149. The van der Waals surface area contributed by atoms with Gasteiger partial charge < -0.3 is 14.5 Å². The molecule has 0 radical (unpaired) electrons. The van der Waals surface area contributed by atoms with E-state index < -0.39 is 0 Å². The summed E-state index contributed by atoms with van der Waals surface area (Å²) in [5.41, 5.74) is 5.15. The number of carbonyl (C=O) groups excluding carboxylic acids is 1. The van der Waals surface area contributed by atoms with E-state index in [4.69, 9.17) is 21.4 Å². The van der Waals surface area contributed by atoms with Gasteiger partial charge in [0.1, 0.15) is 0 Å². The molecule has 2 aromatic heterocycles. The smallest absolute Gasteiger partial charge is 0.245 e. The molecule has 1 amide bonds. The van der Waals surface area contributed by atoms with Crippen molar-refractivity contribution >= 4 is 34.2 Å². The highest BCUT2D eigenvalue weighted by atomic mass is 35.5. The molecule has 0 unspecified atom stereocenters. The number of fused-ring (bicyclic) bond motifs is 1. The number of rotatable bonds is 4. The normalized spacial score (nSPS) is 21.0. The van der Waals surface area contributed by atoms with Crippen LogP contribution in [0.1, 0.15) is 44.0 Å². The molecule has 1 aromatic carbocycles. The number of nitrogens with one attached hydrogen (secondary N) is 1. The van der Waals surface area contributed by atoms with E-state index in [1.165, 1.54) is 6.08 Å². The molecule has 9 heteroatoms. The van der Waals surface area contributed by atoms with Crippen LogP contribution in [0.2, 0.25) is 5.02 Å². The molecule has 4 heterocycles. The van der Waals surface area contributed by atoms with Gasteiger partial charge in [-0.3, -0.25) is 14.6 Å². The summed E-state index contributed by atoms with van der Waals surface area (Å²) in [6, 6.07) is 2.35. The van der Waals surface area contributed by atoms with Gasteiger partial charge in [-0.2, -0.15) is 10.2 Å². The summed E-state index contributed by atoms with van der Waals surface area (Å²) < 4.78 is 8.04. The number of hydrogen-bond acceptors (Lipinski definition) is 5. The minimum Gasteiger partial charge on any atom is -0.377 e. The molecule has 1 saturated carbocycles. The van der Waals surface area contributed by atoms with E-state index >= 15 is 0 Å². The van der Waals surface area contributed by atoms with Gasteiger partial charge in [0, 0.05) is 47.3 Å². The lowest BCUT2D eigenvalue weighted by Crippen LogP contribution is -2.63. The minimum absolute atomic E-state index is 0.0247. The molecule has 0 atom stereocenters. The molecule has 3 aliphatic rings. The molecule has 3 fully saturated rings. The maximum Gasteiger partial charge on any atom is 0.245 e. The quantitative estimate of drug-likeness (QED) is 0.518. The van der Waals surface area contributed by atoms with Crippen LogP contribution in [0.4, 0.5) is 5.82 Å². The van der Waals surface area contributed by atoms with Gasteiger partial charge in [0.15, 0.2) is 5.82 Å². The number of amides is 1. The Bertz CT molecular complexity index is 1370. The first kappa shape index (κ1) is 23.6. The van der Waals surface area contributed by atoms with Gasteiger partial charge in [0.2, 0.25) is 5.91 Å². The van der Waals surface area contributed by atoms with Crippen molar-refractivity contribution in [2.75, 3.05) is 37.7 Å². The van der Waals surface area contributed by atoms with Crippen LogP contribution in [0.15, 0.2) is 24.9 Å². The predicted molar refractivity (Wildman–Crippen MR) is 142 cm³/mol. The number of aromatic nitrogens is 4. The van der Waals surface area contributed by atoms with Gasteiger partial charge in [-0.25, -0.2) is 0 Å². The fourth-order valence-electron chi connectivity index (χ4n) is 6.46. The molecule has 1 spiro atoms. The van der Waals surface area contributed by atoms with Crippen LogP contribution in [0.25, 0.3) is 22.0 Å². The van der Waals surface area contributed by atoms with Crippen molar-refractivity contribution in [3.05, 3.63) is 41.2 Å². The van der Waals surface area contributed by atoms with Crippen LogP contribution in [0.3, 0.4) is 0 Å². The number of anilines is 1. The minimum atomic E-state index is -0.204. The number of hydrogen-bond donors (Lipinski definition) is 1. The van der Waals surface area contributed by atoms with Crippen molar-refractivity contribution in [1.82, 2.24) is 24.9 Å². The standard InChI is InChI=1S/C27H33ClN6O2/c1-6-21(35)32-13-27(14-32)10-18(11-27)34-17(3)22(25(31-34)33-7-8-36-15-26(33,4)5)23-19-12-29-30-20(19)9-16(2)24(23)28/h6,9,12,18H,1,7-8,10-11,13-15H2,2-5H3,(H,29,30). The van der Waals surface area contributed by atoms with Gasteiger partial charge in [0.05, 0.1) is 41.5 Å². The summed E-state index contributed by atoms with van der Waals surface area (Å²) in [5.74, 6) is 0.977. The molecule has 1 N–H and O–H groups in total. The largest absolute Gasteiger partial charge is 0.377 e. The third kappa shape index (κ3) is 3.41. The Kier molecular flexibility index (Phi) is 5.29. The van der Waals surface area contributed by atoms with Crippen LogP contribution in [-0.4, -0.2) is 69.2 Å². The van der Waals surface area contributed by atoms with Crippen LogP contribution in [0, 0.1) is 19.3 Å². The topological polar surface area (TPSA) is 79.3 Å². The number of aryl methyl sites for hydroxylation is 1. The fraction of sp³-hybridized carbons (Fsp3) is 0.519. The van der Waals surface area contributed by atoms with Gasteiger partial charge >= 0.3 is 0 Å². The first-order chi connectivity index (χ1) is 17.1. The Hall–Kier alpha value is -2.84. The molecule has 1 aliphatic carbocycles. The van der Waals surface area contributed by atoms with E-state index in [1.54, 1.807) is 0 Å². The second-order valence-corrected chi connectivity index (χ2v) is 11.8. The van der Waals surface area contributed by atoms with Gasteiger partial charge in [-0.05, 0) is 58.2 Å². The van der Waals surface area contributed by atoms with Crippen molar-refractivity contribution in [1.29, 1.82) is 0 Å². The van der Waals surface area contributed by atoms with Gasteiger partial charge in [-0.1, -0.05) is 18.2 Å². The highest BCUT2D eigenvalue weighted by Gasteiger charge is 2.54. The Morgan fingerprint density at radius 3 is 2.72 bits per heavy atom. The van der Waals surface area contributed by atoms with Crippen LogP contribution in [0.5, 0.6) is 0 Å². The molecule has 6 rings (SSSR count). The summed E-state index contributed by atoms with van der Waals surface area (Å²) in [4.78, 5) is 16.2. The zero-order valence-corrected chi connectivity index (χ0v) is 22.2. The van der Waals surface area contributed by atoms with E-state index in [2.05, 4.69) is 53.2 Å². The maximum absolute atomic E-state index is 12.0. The Morgan fingerprint density at radius 2 is 2.03 bits per heavy atom. The zero-order valence-electron chi connectivity index (χ0n) is 21.4. The molecule has 0 bridgehead atoms. The second kappa shape index (κ2) is 8.08. The van der Waals surface area contributed by atoms with Crippen LogP contribution >= 0.6 is 11.6 Å². The first-order valence-electron chi connectivity index (χ1n) is 12.6. The summed E-state index contributed by atoms with van der Waals surface area (Å²) in [6.45, 7) is 15.9. The molecule has 8 nitrogen and oxygen atoms in total. The number of aromatic amines is 1. The Morgan fingerprint density at radius 1 is 1.28 bits per heavy atom. The van der Waals surface area contributed by atoms with Gasteiger partial charge in [0.25, 0.3) is 0 Å². The van der Waals surface area contributed by atoms with E-state index in [0.717, 1.165) is 76.6 Å². The molecule has 2 saturated heterocycles. The summed E-state index contributed by atoms with van der Waals surface area (Å²) >= 11 is 7.02. The van der Waals surface area contributed by atoms with Crippen LogP contribution in [-0.2, 0) is 9.53 Å². The van der Waals surface area contributed by atoms with E-state index in [0.29, 0.717) is 19.3 Å². The van der Waals surface area contributed by atoms with Crippen molar-refractivity contribution in [2.24, 2.45) is 5.41 Å². The lowest BCUT2D eigenvalue weighted by Gasteiger charge is -2.58. The lowest BCUT2D eigenvalue weighted by atomic mass is 9.60. The number of H-pyrrole nitrogens is 1. The fourth-order valence-corrected chi connectivity index (χ4v) is 6.71. The first-order valence-corrected chi connectivity index (χ1v) is 13.0. The molecule has 36 heavy (non-hydrogen) atoms. The Labute approximate surface area is 216 Å². The van der Waals surface area contributed by atoms with Crippen molar-refractivity contribution < 1.29 is 9.53 Å². The van der Waals surface area contributed by atoms with E-state index in [-0.39, 0.29) is 16.9 Å². The SMILES string of the molecule is C=CC(=O)N1CC2(CC(n3nc(N4CCOCC4(C)C)c(-c4c(Cl)c(C)cc5[nH]ncc45)c3C)C2)C1. The van der Waals surface area contributed by atoms with E-state index in [9.17, 15) is 4.79 Å². The number of benzene rings is 1. The number of ether oxygens (including phenoxy) is 1. The third-order valence-electron chi connectivity index (χ3n) is 8.37. The second-order valence-electron chi connectivity index (χ2n) is 11.4. The monoisotopic (exact) mass is 508 g/mol. The summed E-state index contributed by atoms with van der Waals surface area (Å²) in [7, 11) is 0. The van der Waals surface area contributed by atoms with Crippen LogP contribution < -0.4 is 4.90 Å². The van der Waals surface area contributed by atoms with Crippen molar-refractivity contribution in [2.45, 2.75) is 52.1 Å². The average Bonchev–Trinajstić information content (AvgIpc) is 3.37. The Balaban J connectivity index is 1.44. The van der Waals surface area contributed by atoms with Gasteiger partial charge in [-0.15, -0.1) is 0 Å². The average molecular weight is 509 g/mol. The predicted octanol–water partition coefficient (Wildman–Crippen LogP) is 4.66. The molecular formula is C27H33ClN6O2. The zero-order chi connectivity index (χ0) is 25.4. The maximum atomic E-state index is 12.0.